The zero-order valence-electron chi connectivity index (χ0n) is 8.61. The quantitative estimate of drug-likeness (QED) is 0.667. The standard InChI is InChI=1S/C9H17NO4S/c11-15(12)10-7-9(4-5-9)14-8-3-1-2-6-13-8/h8,15H,1-7H2,(H,10,11,12). The van der Waals surface area contributed by atoms with Gasteiger partial charge in [0.1, 0.15) is 0 Å². The van der Waals surface area contributed by atoms with Crippen LogP contribution in [0.4, 0.5) is 0 Å². The Bertz CT molecular complexity index is 274. The van der Waals surface area contributed by atoms with Gasteiger partial charge in [-0.05, 0) is 32.1 Å². The highest BCUT2D eigenvalue weighted by atomic mass is 32.2. The van der Waals surface area contributed by atoms with E-state index < -0.39 is 10.9 Å². The van der Waals surface area contributed by atoms with E-state index >= 15 is 0 Å². The highest BCUT2D eigenvalue weighted by Crippen LogP contribution is 2.41. The second-order valence-corrected chi connectivity index (χ2v) is 5.02. The second-order valence-electron chi connectivity index (χ2n) is 4.19. The van der Waals surface area contributed by atoms with E-state index in [4.69, 9.17) is 9.47 Å². The molecule has 1 aliphatic heterocycles. The van der Waals surface area contributed by atoms with Crippen LogP contribution in [0.5, 0.6) is 0 Å². The first-order valence-electron chi connectivity index (χ1n) is 5.38. The van der Waals surface area contributed by atoms with Gasteiger partial charge in [0.25, 0.3) is 0 Å². The van der Waals surface area contributed by atoms with Crippen LogP contribution in [0.2, 0.25) is 0 Å². The summed E-state index contributed by atoms with van der Waals surface area (Å²) >= 11 is 0. The molecule has 1 aliphatic carbocycles. The molecule has 0 spiro atoms. The Hall–Kier alpha value is -0.170. The summed E-state index contributed by atoms with van der Waals surface area (Å²) in [5, 5.41) is 0. The number of ether oxygens (including phenoxy) is 2. The van der Waals surface area contributed by atoms with Crippen molar-refractivity contribution >= 4 is 10.9 Å². The minimum atomic E-state index is -2.52. The summed E-state index contributed by atoms with van der Waals surface area (Å²) in [6.07, 6.45) is 4.85. The molecule has 0 bridgehead atoms. The van der Waals surface area contributed by atoms with Crippen LogP contribution >= 0.6 is 0 Å². The fourth-order valence-corrected chi connectivity index (χ4v) is 2.18. The molecule has 88 valence electrons. The van der Waals surface area contributed by atoms with E-state index in [0.717, 1.165) is 38.7 Å². The lowest BCUT2D eigenvalue weighted by atomic mass is 10.2. The van der Waals surface area contributed by atoms with Crippen molar-refractivity contribution in [2.75, 3.05) is 13.2 Å². The predicted molar refractivity (Wildman–Crippen MR) is 55.0 cm³/mol. The molecule has 1 saturated carbocycles. The summed E-state index contributed by atoms with van der Waals surface area (Å²) < 4.78 is 34.5. The third kappa shape index (κ3) is 3.41. The monoisotopic (exact) mass is 235 g/mol. The largest absolute Gasteiger partial charge is 0.353 e. The molecule has 1 atom stereocenters. The minimum absolute atomic E-state index is 0.132. The average molecular weight is 235 g/mol. The molecule has 6 heteroatoms. The smallest absolute Gasteiger partial charge is 0.201 e. The fourth-order valence-electron chi connectivity index (χ4n) is 1.77. The maximum atomic E-state index is 10.4. The molecule has 15 heavy (non-hydrogen) atoms. The van der Waals surface area contributed by atoms with Crippen LogP contribution in [-0.2, 0) is 20.4 Å². The molecule has 1 heterocycles. The Kier molecular flexibility index (Phi) is 3.60. The topological polar surface area (TPSA) is 64.6 Å². The van der Waals surface area contributed by atoms with E-state index in [1.54, 1.807) is 0 Å². The van der Waals surface area contributed by atoms with Crippen molar-refractivity contribution < 1.29 is 17.9 Å². The van der Waals surface area contributed by atoms with Crippen LogP contribution in [0.1, 0.15) is 32.1 Å². The Labute approximate surface area is 91.2 Å². The Morgan fingerprint density at radius 3 is 2.73 bits per heavy atom. The zero-order chi connectivity index (χ0) is 10.7. The number of nitrogens with one attached hydrogen (secondary N) is 1. The van der Waals surface area contributed by atoms with E-state index in [1.807, 2.05) is 0 Å². The zero-order valence-corrected chi connectivity index (χ0v) is 9.50. The Morgan fingerprint density at radius 1 is 1.40 bits per heavy atom. The molecule has 0 aromatic carbocycles. The van der Waals surface area contributed by atoms with Crippen LogP contribution in [0.15, 0.2) is 0 Å². The van der Waals surface area contributed by atoms with Gasteiger partial charge in [0.2, 0.25) is 10.9 Å². The maximum Gasteiger partial charge on any atom is 0.201 e. The van der Waals surface area contributed by atoms with Gasteiger partial charge in [-0.15, -0.1) is 0 Å². The second kappa shape index (κ2) is 4.78. The SMILES string of the molecule is O=[SH](=O)NCC1(OC2CCCCO2)CC1. The molecule has 1 saturated heterocycles. The number of thiol groups is 1. The number of hydrogen-bond acceptors (Lipinski definition) is 4. The molecule has 2 aliphatic rings. The highest BCUT2D eigenvalue weighted by molar-refractivity contribution is 7.70. The van der Waals surface area contributed by atoms with Gasteiger partial charge >= 0.3 is 0 Å². The van der Waals surface area contributed by atoms with E-state index in [2.05, 4.69) is 4.72 Å². The summed E-state index contributed by atoms with van der Waals surface area (Å²) in [5.41, 5.74) is -0.280. The van der Waals surface area contributed by atoms with Crippen LogP contribution in [0.25, 0.3) is 0 Å². The molecular weight excluding hydrogens is 218 g/mol. The lowest BCUT2D eigenvalue weighted by Gasteiger charge is -2.27. The van der Waals surface area contributed by atoms with Crippen molar-refractivity contribution in [1.29, 1.82) is 0 Å². The summed E-state index contributed by atoms with van der Waals surface area (Å²) in [4.78, 5) is 0. The Morgan fingerprint density at radius 2 is 2.20 bits per heavy atom. The molecule has 1 N–H and O–H groups in total. The summed E-state index contributed by atoms with van der Waals surface area (Å²) in [7, 11) is -2.52. The molecule has 2 rings (SSSR count). The summed E-state index contributed by atoms with van der Waals surface area (Å²) in [6, 6.07) is 0. The molecule has 0 amide bonds. The summed E-state index contributed by atoms with van der Waals surface area (Å²) in [5.74, 6) is 0. The third-order valence-electron chi connectivity index (χ3n) is 2.86. The van der Waals surface area contributed by atoms with Crippen LogP contribution in [0, 0.1) is 0 Å². The first-order chi connectivity index (χ1) is 7.20. The van der Waals surface area contributed by atoms with E-state index in [1.165, 1.54) is 0 Å². The molecule has 5 nitrogen and oxygen atoms in total. The molecule has 0 aromatic rings. The highest BCUT2D eigenvalue weighted by Gasteiger charge is 2.46. The van der Waals surface area contributed by atoms with Crippen LogP contribution in [0.3, 0.4) is 0 Å². The van der Waals surface area contributed by atoms with Gasteiger partial charge in [-0.3, -0.25) is 0 Å². The van der Waals surface area contributed by atoms with Gasteiger partial charge in [0, 0.05) is 13.2 Å². The first kappa shape index (κ1) is 11.3. The van der Waals surface area contributed by atoms with Crippen molar-refractivity contribution in [3.63, 3.8) is 0 Å². The number of hydrogen-bond donors (Lipinski definition) is 2. The third-order valence-corrected chi connectivity index (χ3v) is 3.27. The van der Waals surface area contributed by atoms with Crippen molar-refractivity contribution in [2.24, 2.45) is 0 Å². The van der Waals surface area contributed by atoms with Gasteiger partial charge in [-0.1, -0.05) is 0 Å². The van der Waals surface area contributed by atoms with Gasteiger partial charge in [0.15, 0.2) is 6.29 Å². The van der Waals surface area contributed by atoms with Crippen molar-refractivity contribution in [3.8, 4) is 0 Å². The van der Waals surface area contributed by atoms with Gasteiger partial charge in [-0.2, -0.15) is 0 Å². The van der Waals surface area contributed by atoms with Gasteiger partial charge < -0.3 is 9.47 Å². The fraction of sp³-hybridized carbons (Fsp3) is 1.00. The van der Waals surface area contributed by atoms with Gasteiger partial charge in [-0.25, -0.2) is 13.1 Å². The van der Waals surface area contributed by atoms with Crippen LogP contribution in [-0.4, -0.2) is 33.5 Å². The average Bonchev–Trinajstić information content (AvgIpc) is 2.97. The molecule has 0 radical (unpaired) electrons. The normalized spacial score (nSPS) is 29.3. The first-order valence-corrected chi connectivity index (χ1v) is 6.55. The van der Waals surface area contributed by atoms with Crippen LogP contribution < -0.4 is 4.72 Å². The van der Waals surface area contributed by atoms with E-state index in [-0.39, 0.29) is 11.9 Å². The Balaban J connectivity index is 1.76. The molecular formula is C9H17NO4S. The van der Waals surface area contributed by atoms with Crippen molar-refractivity contribution in [2.45, 2.75) is 44.0 Å². The minimum Gasteiger partial charge on any atom is -0.353 e. The summed E-state index contributed by atoms with van der Waals surface area (Å²) in [6.45, 7) is 1.13. The van der Waals surface area contributed by atoms with E-state index in [0.29, 0.717) is 6.54 Å². The lowest BCUT2D eigenvalue weighted by Crippen LogP contribution is -2.36. The van der Waals surface area contributed by atoms with Crippen molar-refractivity contribution in [3.05, 3.63) is 0 Å². The molecule has 1 unspecified atom stereocenters. The van der Waals surface area contributed by atoms with Gasteiger partial charge in [0.05, 0.1) is 5.60 Å². The predicted octanol–water partition coefficient (Wildman–Crippen LogP) is 0.178. The maximum absolute atomic E-state index is 10.4. The van der Waals surface area contributed by atoms with E-state index in [9.17, 15) is 8.42 Å². The molecule has 2 fully saturated rings. The van der Waals surface area contributed by atoms with Crippen molar-refractivity contribution in [1.82, 2.24) is 4.72 Å². The lowest BCUT2D eigenvalue weighted by molar-refractivity contribution is -0.195. The number of rotatable bonds is 5. The molecule has 0 aromatic heterocycles.